The number of aliphatic carboxylic acids is 2. The van der Waals surface area contributed by atoms with Crippen LogP contribution in [-0.4, -0.2) is 48.0 Å². The number of carboxylic acid groups (broad SMARTS) is 2. The first-order valence-corrected chi connectivity index (χ1v) is 10.6. The van der Waals surface area contributed by atoms with E-state index in [1.54, 1.807) is 0 Å². The summed E-state index contributed by atoms with van der Waals surface area (Å²) in [4.78, 5) is 19.3. The first-order chi connectivity index (χ1) is 15.6. The van der Waals surface area contributed by atoms with Crippen molar-refractivity contribution in [2.45, 2.75) is 45.2 Å². The number of rotatable bonds is 12. The molecule has 0 saturated carbocycles. The molecule has 33 heavy (non-hydrogen) atoms. The molecule has 2 aromatic rings. The number of benzene rings is 2. The Labute approximate surface area is 191 Å². The van der Waals surface area contributed by atoms with Crippen molar-refractivity contribution < 1.29 is 37.7 Å². The fraction of sp³-hybridized carbons (Fsp3) is 0.417. The molecular formula is C24H30F3NO5. The molecular weight excluding hydrogens is 439 g/mol. The van der Waals surface area contributed by atoms with E-state index in [1.807, 2.05) is 12.1 Å². The highest BCUT2D eigenvalue weighted by Crippen LogP contribution is 2.15. The third-order valence-corrected chi connectivity index (χ3v) is 4.46. The molecule has 182 valence electrons. The van der Waals surface area contributed by atoms with Crippen LogP contribution in [0.4, 0.5) is 13.2 Å². The highest BCUT2D eigenvalue weighted by molar-refractivity contribution is 5.73. The SMILES string of the molecule is Cc1cccc(CCCOc2ccc(CCCNCCC(=O)O)cc2)c1.O=C(O)C(F)(F)F. The van der Waals surface area contributed by atoms with E-state index in [2.05, 4.69) is 48.6 Å². The minimum atomic E-state index is -5.08. The highest BCUT2D eigenvalue weighted by atomic mass is 19.4. The zero-order valence-corrected chi connectivity index (χ0v) is 18.5. The van der Waals surface area contributed by atoms with Crippen molar-refractivity contribution in [3.8, 4) is 5.75 Å². The van der Waals surface area contributed by atoms with Gasteiger partial charge in [0.25, 0.3) is 0 Å². The molecule has 0 radical (unpaired) electrons. The van der Waals surface area contributed by atoms with E-state index in [0.29, 0.717) is 6.54 Å². The van der Waals surface area contributed by atoms with Crippen molar-refractivity contribution in [2.24, 2.45) is 0 Å². The van der Waals surface area contributed by atoms with E-state index >= 15 is 0 Å². The monoisotopic (exact) mass is 469 g/mol. The predicted octanol–water partition coefficient (Wildman–Crippen LogP) is 4.64. The van der Waals surface area contributed by atoms with Gasteiger partial charge in [0.05, 0.1) is 13.0 Å². The molecule has 0 amide bonds. The summed E-state index contributed by atoms with van der Waals surface area (Å²) in [5.74, 6) is -2.60. The number of ether oxygens (including phenoxy) is 1. The molecule has 0 aliphatic rings. The van der Waals surface area contributed by atoms with Crippen LogP contribution in [-0.2, 0) is 22.4 Å². The normalized spacial score (nSPS) is 10.8. The molecule has 9 heteroatoms. The molecule has 0 aliphatic heterocycles. The van der Waals surface area contributed by atoms with Crippen molar-refractivity contribution >= 4 is 11.9 Å². The summed E-state index contributed by atoms with van der Waals surface area (Å²) in [6, 6.07) is 16.9. The number of carbonyl (C=O) groups is 2. The number of hydrogen-bond donors (Lipinski definition) is 3. The van der Waals surface area contributed by atoms with Crippen LogP contribution < -0.4 is 10.1 Å². The fourth-order valence-electron chi connectivity index (χ4n) is 2.82. The molecule has 2 rings (SSSR count). The average molecular weight is 470 g/mol. The van der Waals surface area contributed by atoms with Crippen LogP contribution in [0.5, 0.6) is 5.75 Å². The van der Waals surface area contributed by atoms with Crippen LogP contribution in [0.3, 0.4) is 0 Å². The highest BCUT2D eigenvalue weighted by Gasteiger charge is 2.38. The molecule has 0 heterocycles. The van der Waals surface area contributed by atoms with Crippen LogP contribution in [0.15, 0.2) is 48.5 Å². The first kappa shape index (κ1) is 28.0. The smallest absolute Gasteiger partial charge is 0.490 e. The number of carboxylic acids is 2. The molecule has 0 aliphatic carbocycles. The van der Waals surface area contributed by atoms with Gasteiger partial charge in [-0.3, -0.25) is 4.79 Å². The summed E-state index contributed by atoms with van der Waals surface area (Å²) < 4.78 is 37.6. The average Bonchev–Trinajstić information content (AvgIpc) is 2.74. The molecule has 0 saturated heterocycles. The summed E-state index contributed by atoms with van der Waals surface area (Å²) in [6.45, 7) is 4.21. The van der Waals surface area contributed by atoms with Gasteiger partial charge in [-0.05, 0) is 62.4 Å². The Bertz CT molecular complexity index is 854. The van der Waals surface area contributed by atoms with Gasteiger partial charge in [0.15, 0.2) is 0 Å². The largest absolute Gasteiger partial charge is 0.494 e. The minimum absolute atomic E-state index is 0.177. The number of alkyl halides is 3. The van der Waals surface area contributed by atoms with Crippen molar-refractivity contribution in [3.05, 3.63) is 65.2 Å². The Morgan fingerprint density at radius 2 is 1.58 bits per heavy atom. The topological polar surface area (TPSA) is 95.9 Å². The Kier molecular flexibility index (Phi) is 12.6. The molecule has 3 N–H and O–H groups in total. The molecule has 6 nitrogen and oxygen atoms in total. The minimum Gasteiger partial charge on any atom is -0.494 e. The second kappa shape index (κ2) is 14.9. The van der Waals surface area contributed by atoms with Crippen LogP contribution in [0, 0.1) is 6.92 Å². The molecule has 0 spiro atoms. The van der Waals surface area contributed by atoms with Gasteiger partial charge in [-0.25, -0.2) is 4.79 Å². The Morgan fingerprint density at radius 1 is 0.939 bits per heavy atom. The van der Waals surface area contributed by atoms with Crippen LogP contribution in [0.25, 0.3) is 0 Å². The number of hydrogen-bond acceptors (Lipinski definition) is 4. The first-order valence-electron chi connectivity index (χ1n) is 10.6. The second-order valence-electron chi connectivity index (χ2n) is 7.39. The molecule has 0 fully saturated rings. The van der Waals surface area contributed by atoms with Crippen molar-refractivity contribution in [2.75, 3.05) is 19.7 Å². The van der Waals surface area contributed by atoms with Gasteiger partial charge in [0, 0.05) is 6.54 Å². The lowest BCUT2D eigenvalue weighted by Gasteiger charge is -2.08. The van der Waals surface area contributed by atoms with Gasteiger partial charge in [-0.1, -0.05) is 42.0 Å². The number of nitrogens with one attached hydrogen (secondary N) is 1. The van der Waals surface area contributed by atoms with Crippen molar-refractivity contribution in [3.63, 3.8) is 0 Å². The lowest BCUT2D eigenvalue weighted by Crippen LogP contribution is -2.21. The zero-order chi connectivity index (χ0) is 24.7. The summed E-state index contributed by atoms with van der Waals surface area (Å²) in [5, 5.41) is 18.8. The Morgan fingerprint density at radius 3 is 2.15 bits per heavy atom. The number of aryl methyl sites for hydroxylation is 3. The predicted molar refractivity (Wildman–Crippen MR) is 119 cm³/mol. The third-order valence-electron chi connectivity index (χ3n) is 4.46. The molecule has 0 atom stereocenters. The van der Waals surface area contributed by atoms with Gasteiger partial charge >= 0.3 is 18.1 Å². The van der Waals surface area contributed by atoms with E-state index in [1.165, 1.54) is 16.7 Å². The van der Waals surface area contributed by atoms with Crippen LogP contribution >= 0.6 is 0 Å². The van der Waals surface area contributed by atoms with Gasteiger partial charge in [0.1, 0.15) is 5.75 Å². The van der Waals surface area contributed by atoms with Gasteiger partial charge in [-0.2, -0.15) is 13.2 Å². The standard InChI is InChI=1S/C22H29NO3.C2HF3O2/c1-18-5-2-6-20(17-18)8-4-16-26-21-11-9-19(10-12-21)7-3-14-23-15-13-22(24)25;3-2(4,5)1(6)7/h2,5-6,9-12,17,23H,3-4,7-8,13-16H2,1H3,(H,24,25);(H,6,7). The van der Waals surface area contributed by atoms with E-state index in [9.17, 15) is 18.0 Å². The number of halogens is 3. The maximum Gasteiger partial charge on any atom is 0.490 e. The lowest BCUT2D eigenvalue weighted by atomic mass is 10.1. The maximum atomic E-state index is 10.6. The molecule has 0 aromatic heterocycles. The van der Waals surface area contributed by atoms with E-state index in [-0.39, 0.29) is 6.42 Å². The summed E-state index contributed by atoms with van der Waals surface area (Å²) in [6.07, 6.45) is -0.887. The second-order valence-corrected chi connectivity index (χ2v) is 7.39. The van der Waals surface area contributed by atoms with Crippen LogP contribution in [0.2, 0.25) is 0 Å². The quantitative estimate of drug-likeness (QED) is 0.392. The van der Waals surface area contributed by atoms with Gasteiger partial charge < -0.3 is 20.3 Å². The van der Waals surface area contributed by atoms with Gasteiger partial charge in [-0.15, -0.1) is 0 Å². The van der Waals surface area contributed by atoms with E-state index in [0.717, 1.165) is 44.6 Å². The van der Waals surface area contributed by atoms with E-state index < -0.39 is 18.1 Å². The molecule has 0 bridgehead atoms. The maximum absolute atomic E-state index is 10.6. The summed E-state index contributed by atoms with van der Waals surface area (Å²) >= 11 is 0. The van der Waals surface area contributed by atoms with Crippen molar-refractivity contribution in [1.29, 1.82) is 0 Å². The van der Waals surface area contributed by atoms with E-state index in [4.69, 9.17) is 19.7 Å². The van der Waals surface area contributed by atoms with Crippen LogP contribution in [0.1, 0.15) is 36.0 Å². The third kappa shape index (κ3) is 13.8. The van der Waals surface area contributed by atoms with Gasteiger partial charge in [0.2, 0.25) is 0 Å². The Hall–Kier alpha value is -3.07. The zero-order valence-electron chi connectivity index (χ0n) is 18.5. The molecule has 2 aromatic carbocycles. The molecule has 0 unspecified atom stereocenters. The summed E-state index contributed by atoms with van der Waals surface area (Å²) in [7, 11) is 0. The summed E-state index contributed by atoms with van der Waals surface area (Å²) in [5.41, 5.74) is 3.94. The fourth-order valence-corrected chi connectivity index (χ4v) is 2.82. The lowest BCUT2D eigenvalue weighted by molar-refractivity contribution is -0.192. The Balaban J connectivity index is 0.000000675. The van der Waals surface area contributed by atoms with Crippen molar-refractivity contribution in [1.82, 2.24) is 5.32 Å².